The van der Waals surface area contributed by atoms with Crippen LogP contribution in [-0.2, 0) is 5.54 Å². The molecule has 0 N–H and O–H groups in total. The van der Waals surface area contributed by atoms with Gasteiger partial charge in [0, 0.05) is 11.1 Å². The number of rotatable bonds is 2. The molecule has 0 aliphatic heterocycles. The van der Waals surface area contributed by atoms with E-state index >= 15 is 0 Å². The average Bonchev–Trinajstić information content (AvgIpc) is 3.26. The Morgan fingerprint density at radius 1 is 0.897 bits per heavy atom. The third-order valence-corrected chi connectivity index (χ3v) is 7.84. The summed E-state index contributed by atoms with van der Waals surface area (Å²) < 4.78 is 8.61. The molecule has 4 fully saturated rings. The Balaban J connectivity index is 1.36. The third kappa shape index (κ3) is 2.26. The van der Waals surface area contributed by atoms with Crippen molar-refractivity contribution in [2.45, 2.75) is 51.0 Å². The van der Waals surface area contributed by atoms with Gasteiger partial charge in [-0.1, -0.05) is 12.1 Å². The zero-order valence-electron chi connectivity index (χ0n) is 16.8. The molecule has 4 heteroatoms. The largest absolute Gasteiger partial charge is 0.436 e. The van der Waals surface area contributed by atoms with Crippen LogP contribution in [0.3, 0.4) is 0 Å². The minimum absolute atomic E-state index is 0.298. The number of hydrogen-bond donors (Lipinski definition) is 0. The van der Waals surface area contributed by atoms with E-state index in [9.17, 15) is 0 Å². The van der Waals surface area contributed by atoms with Gasteiger partial charge < -0.3 is 8.98 Å². The van der Waals surface area contributed by atoms with Gasteiger partial charge in [-0.15, -0.1) is 0 Å². The Labute approximate surface area is 170 Å². The fourth-order valence-electron chi connectivity index (χ4n) is 7.27. The van der Waals surface area contributed by atoms with E-state index < -0.39 is 0 Å². The van der Waals surface area contributed by atoms with Crippen molar-refractivity contribution in [3.8, 4) is 11.5 Å². The second-order valence-corrected chi connectivity index (χ2v) is 9.83. The first-order chi connectivity index (χ1) is 14.2. The first kappa shape index (κ1) is 16.2. The molecule has 146 valence electrons. The van der Waals surface area contributed by atoms with Crippen molar-refractivity contribution in [1.82, 2.24) is 14.5 Å². The molecule has 4 aliphatic carbocycles. The van der Waals surface area contributed by atoms with Gasteiger partial charge in [-0.25, -0.2) is 9.97 Å². The lowest BCUT2D eigenvalue weighted by atomic mass is 9.53. The molecule has 0 saturated heterocycles. The number of oxazole rings is 1. The van der Waals surface area contributed by atoms with Crippen LogP contribution >= 0.6 is 0 Å². The van der Waals surface area contributed by atoms with Gasteiger partial charge in [0.25, 0.3) is 0 Å². The number of para-hydroxylation sites is 2. The number of fused-ring (bicyclic) bond motifs is 2. The van der Waals surface area contributed by atoms with E-state index in [1.807, 2.05) is 24.3 Å². The van der Waals surface area contributed by atoms with Crippen LogP contribution in [0.4, 0.5) is 0 Å². The van der Waals surface area contributed by atoms with E-state index in [4.69, 9.17) is 9.40 Å². The van der Waals surface area contributed by atoms with Gasteiger partial charge >= 0.3 is 0 Å². The predicted octanol–water partition coefficient (Wildman–Crippen LogP) is 6.08. The molecule has 2 aromatic carbocycles. The van der Waals surface area contributed by atoms with E-state index in [0.717, 1.165) is 45.8 Å². The van der Waals surface area contributed by atoms with Gasteiger partial charge in [0.15, 0.2) is 5.58 Å². The molecule has 4 saturated carbocycles. The second-order valence-electron chi connectivity index (χ2n) is 9.83. The number of nitrogens with zero attached hydrogens (tertiary/aromatic N) is 3. The van der Waals surface area contributed by atoms with Crippen molar-refractivity contribution in [2.75, 3.05) is 0 Å². The summed E-state index contributed by atoms with van der Waals surface area (Å²) in [5, 5.41) is 0. The standard InChI is InChI=1S/C25H25N3O/c1-15-26-21-11-19(24-27-20-4-2-3-5-23(20)29-24)6-7-22(21)28(15)25-12-16-8-17(13-25)10-18(9-16)14-25/h2-7,11,16-18H,8-10,12-14H2,1H3. The molecule has 29 heavy (non-hydrogen) atoms. The van der Waals surface area contributed by atoms with E-state index in [1.54, 1.807) is 0 Å². The van der Waals surface area contributed by atoms with Gasteiger partial charge in [0.2, 0.25) is 5.89 Å². The van der Waals surface area contributed by atoms with Crippen LogP contribution < -0.4 is 0 Å². The lowest BCUT2D eigenvalue weighted by Gasteiger charge is -2.57. The zero-order chi connectivity index (χ0) is 19.2. The van der Waals surface area contributed by atoms with Crippen LogP contribution in [0, 0.1) is 24.7 Å². The Morgan fingerprint density at radius 3 is 2.34 bits per heavy atom. The molecular weight excluding hydrogens is 358 g/mol. The maximum Gasteiger partial charge on any atom is 0.227 e. The molecular formula is C25H25N3O. The van der Waals surface area contributed by atoms with Crippen molar-refractivity contribution >= 4 is 22.1 Å². The van der Waals surface area contributed by atoms with Crippen molar-refractivity contribution in [3.63, 3.8) is 0 Å². The molecule has 8 rings (SSSR count). The molecule has 0 atom stereocenters. The normalized spacial score (nSPS) is 30.6. The fraction of sp³-hybridized carbons (Fsp3) is 0.440. The monoisotopic (exact) mass is 383 g/mol. The molecule has 2 heterocycles. The first-order valence-corrected chi connectivity index (χ1v) is 11.0. The van der Waals surface area contributed by atoms with Crippen molar-refractivity contribution in [3.05, 3.63) is 48.3 Å². The zero-order valence-corrected chi connectivity index (χ0v) is 16.8. The smallest absolute Gasteiger partial charge is 0.227 e. The molecule has 0 radical (unpaired) electrons. The van der Waals surface area contributed by atoms with Crippen LogP contribution in [0.1, 0.15) is 44.3 Å². The summed E-state index contributed by atoms with van der Waals surface area (Å²) in [7, 11) is 0. The molecule has 4 nitrogen and oxygen atoms in total. The van der Waals surface area contributed by atoms with Gasteiger partial charge in [-0.05, 0) is 93.5 Å². The number of hydrogen-bond acceptors (Lipinski definition) is 3. The van der Waals surface area contributed by atoms with Gasteiger partial charge in [0.1, 0.15) is 11.3 Å². The highest BCUT2D eigenvalue weighted by Gasteiger charge is 2.52. The maximum absolute atomic E-state index is 5.99. The van der Waals surface area contributed by atoms with E-state index in [-0.39, 0.29) is 0 Å². The second kappa shape index (κ2) is 5.50. The van der Waals surface area contributed by atoms with E-state index in [0.29, 0.717) is 11.4 Å². The molecule has 4 bridgehead atoms. The SMILES string of the molecule is Cc1nc2cc(-c3nc4ccccc4o3)ccc2n1C12CC3CC(CC(C3)C1)C2. The summed E-state index contributed by atoms with van der Waals surface area (Å²) >= 11 is 0. The number of benzene rings is 2. The minimum Gasteiger partial charge on any atom is -0.436 e. The molecule has 2 aromatic heterocycles. The minimum atomic E-state index is 0.298. The van der Waals surface area contributed by atoms with Crippen molar-refractivity contribution in [1.29, 1.82) is 0 Å². The Kier molecular flexibility index (Phi) is 3.07. The summed E-state index contributed by atoms with van der Waals surface area (Å²) in [6.45, 7) is 2.19. The number of aryl methyl sites for hydroxylation is 1. The highest BCUT2D eigenvalue weighted by atomic mass is 16.3. The lowest BCUT2D eigenvalue weighted by Crippen LogP contribution is -2.52. The molecule has 4 aliphatic rings. The van der Waals surface area contributed by atoms with Crippen LogP contribution in [-0.4, -0.2) is 14.5 Å². The maximum atomic E-state index is 5.99. The molecule has 0 spiro atoms. The Morgan fingerprint density at radius 2 is 1.62 bits per heavy atom. The molecule has 0 amide bonds. The molecule has 0 unspecified atom stereocenters. The lowest BCUT2D eigenvalue weighted by molar-refractivity contribution is -0.0419. The van der Waals surface area contributed by atoms with E-state index in [2.05, 4.69) is 34.7 Å². The van der Waals surface area contributed by atoms with Crippen LogP contribution in [0.2, 0.25) is 0 Å². The van der Waals surface area contributed by atoms with E-state index in [1.165, 1.54) is 44.0 Å². The van der Waals surface area contributed by atoms with Crippen molar-refractivity contribution in [2.24, 2.45) is 17.8 Å². The highest BCUT2D eigenvalue weighted by Crippen LogP contribution is 2.59. The summed E-state index contributed by atoms with van der Waals surface area (Å²) in [6.07, 6.45) is 8.43. The quantitative estimate of drug-likeness (QED) is 0.421. The van der Waals surface area contributed by atoms with Crippen LogP contribution in [0.5, 0.6) is 0 Å². The number of aromatic nitrogens is 3. The summed E-state index contributed by atoms with van der Waals surface area (Å²) in [6, 6.07) is 14.5. The van der Waals surface area contributed by atoms with Crippen LogP contribution in [0.25, 0.3) is 33.6 Å². The first-order valence-electron chi connectivity index (χ1n) is 11.0. The fourth-order valence-corrected chi connectivity index (χ4v) is 7.27. The summed E-state index contributed by atoms with van der Waals surface area (Å²) in [5.74, 6) is 4.62. The van der Waals surface area contributed by atoms with Crippen LogP contribution in [0.15, 0.2) is 46.9 Å². The summed E-state index contributed by atoms with van der Waals surface area (Å²) in [5.41, 5.74) is 5.38. The topological polar surface area (TPSA) is 43.9 Å². The van der Waals surface area contributed by atoms with Gasteiger partial charge in [0.05, 0.1) is 11.0 Å². The third-order valence-electron chi connectivity index (χ3n) is 7.84. The van der Waals surface area contributed by atoms with Gasteiger partial charge in [-0.3, -0.25) is 0 Å². The average molecular weight is 383 g/mol. The number of imidazole rings is 1. The Bertz CT molecular complexity index is 1200. The Hall–Kier alpha value is -2.62. The van der Waals surface area contributed by atoms with Crippen molar-refractivity contribution < 1.29 is 4.42 Å². The predicted molar refractivity (Wildman–Crippen MR) is 114 cm³/mol. The summed E-state index contributed by atoms with van der Waals surface area (Å²) in [4.78, 5) is 9.68. The molecule has 4 aromatic rings. The highest BCUT2D eigenvalue weighted by molar-refractivity contribution is 5.83. The van der Waals surface area contributed by atoms with Gasteiger partial charge in [-0.2, -0.15) is 0 Å².